The highest BCUT2D eigenvalue weighted by atomic mass is 35.5. The minimum atomic E-state index is -0.330. The largest absolute Gasteiger partial charge is 0.462 e. The first-order chi connectivity index (χ1) is 18.4. The van der Waals surface area contributed by atoms with Gasteiger partial charge in [-0.05, 0) is 56.4 Å². The van der Waals surface area contributed by atoms with Crippen molar-refractivity contribution < 1.29 is 14.3 Å². The average Bonchev–Trinajstić information content (AvgIpc) is 3.34. The second-order valence-corrected chi connectivity index (χ2v) is 10.4. The molecule has 2 aliphatic rings. The summed E-state index contributed by atoms with van der Waals surface area (Å²) in [5.41, 5.74) is 2.85. The van der Waals surface area contributed by atoms with E-state index in [-0.39, 0.29) is 30.3 Å². The van der Waals surface area contributed by atoms with Gasteiger partial charge in [0.15, 0.2) is 5.78 Å². The molecule has 38 heavy (non-hydrogen) atoms. The van der Waals surface area contributed by atoms with Crippen LogP contribution in [0.25, 0.3) is 10.8 Å². The van der Waals surface area contributed by atoms with Gasteiger partial charge in [0.2, 0.25) is 0 Å². The second kappa shape index (κ2) is 11.1. The summed E-state index contributed by atoms with van der Waals surface area (Å²) in [6.45, 7) is 6.09. The van der Waals surface area contributed by atoms with Crippen LogP contribution in [0.15, 0.2) is 49.1 Å². The maximum Gasteiger partial charge on any atom is 0.317 e. The van der Waals surface area contributed by atoms with E-state index in [9.17, 15) is 9.59 Å². The number of hydrogen-bond acceptors (Lipinski definition) is 7. The number of carbonyl (C=O) groups excluding carboxylic acids is 2. The fraction of sp³-hybridized carbons (Fsp3) is 0.379. The van der Waals surface area contributed by atoms with Crippen molar-refractivity contribution in [3.05, 3.63) is 71.0 Å². The SMILES string of the molecule is C=CC(=O)CN(C)C(=O)c1nc(OC[C@@H]2CCCN2C)nc2c1CCN(c1cccc3cccc(Cl)c13)C2. The molecule has 198 valence electrons. The number of anilines is 1. The lowest BCUT2D eigenvalue weighted by Gasteiger charge is -2.32. The molecule has 0 bridgehead atoms. The van der Waals surface area contributed by atoms with Crippen LogP contribution in [-0.4, -0.2) is 77.8 Å². The molecule has 0 N–H and O–H groups in total. The van der Waals surface area contributed by atoms with Crippen LogP contribution in [-0.2, 0) is 17.8 Å². The van der Waals surface area contributed by atoms with Gasteiger partial charge in [-0.1, -0.05) is 42.4 Å². The number of benzene rings is 2. The van der Waals surface area contributed by atoms with Crippen molar-refractivity contribution in [2.24, 2.45) is 0 Å². The zero-order chi connectivity index (χ0) is 26.8. The van der Waals surface area contributed by atoms with E-state index < -0.39 is 0 Å². The molecule has 1 aromatic heterocycles. The van der Waals surface area contributed by atoms with Crippen LogP contribution in [0.4, 0.5) is 5.69 Å². The highest BCUT2D eigenvalue weighted by molar-refractivity contribution is 6.36. The van der Waals surface area contributed by atoms with E-state index in [2.05, 4.69) is 34.5 Å². The fourth-order valence-corrected chi connectivity index (χ4v) is 5.58. The van der Waals surface area contributed by atoms with Crippen molar-refractivity contribution >= 4 is 39.8 Å². The van der Waals surface area contributed by atoms with Crippen LogP contribution in [0.2, 0.25) is 5.02 Å². The Morgan fingerprint density at radius 3 is 2.74 bits per heavy atom. The molecule has 3 aromatic rings. The third kappa shape index (κ3) is 5.24. The van der Waals surface area contributed by atoms with Crippen molar-refractivity contribution in [1.82, 2.24) is 19.8 Å². The number of likely N-dealkylation sites (tertiary alicyclic amines) is 1. The number of carbonyl (C=O) groups is 2. The number of hydrogen-bond donors (Lipinski definition) is 0. The Morgan fingerprint density at radius 2 is 2.00 bits per heavy atom. The number of nitrogens with zero attached hydrogens (tertiary/aromatic N) is 5. The monoisotopic (exact) mass is 533 g/mol. The molecule has 9 heteroatoms. The highest BCUT2D eigenvalue weighted by Crippen LogP contribution is 2.35. The van der Waals surface area contributed by atoms with Gasteiger partial charge < -0.3 is 19.4 Å². The summed E-state index contributed by atoms with van der Waals surface area (Å²) in [4.78, 5) is 40.6. The van der Waals surface area contributed by atoms with Gasteiger partial charge in [0.25, 0.3) is 5.91 Å². The zero-order valence-electron chi connectivity index (χ0n) is 21.8. The second-order valence-electron chi connectivity index (χ2n) is 9.99. The van der Waals surface area contributed by atoms with Gasteiger partial charge in [-0.2, -0.15) is 9.97 Å². The molecule has 1 atom stereocenters. The van der Waals surface area contributed by atoms with Crippen LogP contribution in [0.5, 0.6) is 6.01 Å². The predicted molar refractivity (Wildman–Crippen MR) is 149 cm³/mol. The maximum atomic E-state index is 13.5. The Bertz CT molecular complexity index is 1390. The van der Waals surface area contributed by atoms with Crippen molar-refractivity contribution in [3.8, 4) is 6.01 Å². The van der Waals surface area contributed by atoms with Crippen LogP contribution in [0, 0.1) is 0 Å². The highest BCUT2D eigenvalue weighted by Gasteiger charge is 2.29. The molecule has 0 saturated carbocycles. The third-order valence-electron chi connectivity index (χ3n) is 7.46. The van der Waals surface area contributed by atoms with Gasteiger partial charge in [-0.25, -0.2) is 0 Å². The van der Waals surface area contributed by atoms with Crippen molar-refractivity contribution in [2.75, 3.05) is 45.2 Å². The number of ether oxygens (including phenoxy) is 1. The number of ketones is 1. The fourth-order valence-electron chi connectivity index (χ4n) is 5.31. The van der Waals surface area contributed by atoms with Crippen LogP contribution >= 0.6 is 11.6 Å². The molecular weight excluding hydrogens is 502 g/mol. The summed E-state index contributed by atoms with van der Waals surface area (Å²) >= 11 is 6.62. The van der Waals surface area contributed by atoms with Crippen molar-refractivity contribution in [2.45, 2.75) is 31.8 Å². The molecule has 2 aliphatic heterocycles. The number of fused-ring (bicyclic) bond motifs is 2. The van der Waals surface area contributed by atoms with Crippen molar-refractivity contribution in [1.29, 1.82) is 0 Å². The Balaban J connectivity index is 1.49. The first-order valence-corrected chi connectivity index (χ1v) is 13.3. The maximum absolute atomic E-state index is 13.5. The Morgan fingerprint density at radius 1 is 1.21 bits per heavy atom. The van der Waals surface area contributed by atoms with Gasteiger partial charge in [-0.15, -0.1) is 0 Å². The molecule has 1 fully saturated rings. The summed E-state index contributed by atoms with van der Waals surface area (Å²) in [5, 5.41) is 2.76. The molecule has 2 aromatic carbocycles. The molecule has 0 radical (unpaired) electrons. The Hall–Kier alpha value is -3.49. The Kier molecular flexibility index (Phi) is 7.63. The summed E-state index contributed by atoms with van der Waals surface area (Å²) in [6.07, 6.45) is 3.98. The number of halogens is 1. The first-order valence-electron chi connectivity index (χ1n) is 12.9. The minimum absolute atomic E-state index is 0.0647. The summed E-state index contributed by atoms with van der Waals surface area (Å²) in [7, 11) is 3.68. The molecule has 0 unspecified atom stereocenters. The number of aromatic nitrogens is 2. The van der Waals surface area contributed by atoms with Crippen LogP contribution < -0.4 is 9.64 Å². The van der Waals surface area contributed by atoms with E-state index in [4.69, 9.17) is 21.3 Å². The normalized spacial score (nSPS) is 17.3. The van der Waals surface area contributed by atoms with Crippen LogP contribution in [0.1, 0.15) is 34.6 Å². The standard InChI is InChI=1S/C29H32ClN5O3/c1-4-21(36)16-34(3)28(37)27-22-13-15-35(25-12-6-9-19-8-5-11-23(30)26(19)25)17-24(22)31-29(32-27)38-18-20-10-7-14-33(20)2/h4-6,8-9,11-12,20H,1,7,10,13-18H2,2-3H3/t20-/m0/s1. The van der Waals surface area contributed by atoms with Crippen molar-refractivity contribution in [3.63, 3.8) is 0 Å². The summed E-state index contributed by atoms with van der Waals surface area (Å²) in [6, 6.07) is 12.5. The topological polar surface area (TPSA) is 78.9 Å². The molecule has 0 spiro atoms. The smallest absolute Gasteiger partial charge is 0.317 e. The van der Waals surface area contributed by atoms with E-state index in [1.165, 1.54) is 11.0 Å². The first kappa shape index (κ1) is 26.1. The average molecular weight is 534 g/mol. The molecule has 0 aliphatic carbocycles. The number of rotatable bonds is 8. The van der Waals surface area contributed by atoms with E-state index in [1.54, 1.807) is 7.05 Å². The molecule has 1 amide bonds. The molecule has 8 nitrogen and oxygen atoms in total. The van der Waals surface area contributed by atoms with Gasteiger partial charge in [-0.3, -0.25) is 9.59 Å². The predicted octanol–water partition coefficient (Wildman–Crippen LogP) is 4.15. The lowest BCUT2D eigenvalue weighted by atomic mass is 10.00. The molecule has 3 heterocycles. The van der Waals surface area contributed by atoms with Gasteiger partial charge in [0, 0.05) is 36.3 Å². The van der Waals surface area contributed by atoms with E-state index in [1.807, 2.05) is 30.3 Å². The quantitative estimate of drug-likeness (QED) is 0.402. The zero-order valence-corrected chi connectivity index (χ0v) is 22.6. The molecule has 5 rings (SSSR count). The van der Waals surface area contributed by atoms with Gasteiger partial charge in [0.05, 0.1) is 23.8 Å². The lowest BCUT2D eigenvalue weighted by molar-refractivity contribution is -0.115. The minimum Gasteiger partial charge on any atom is -0.462 e. The van der Waals surface area contributed by atoms with Gasteiger partial charge >= 0.3 is 6.01 Å². The summed E-state index contributed by atoms with van der Waals surface area (Å²) < 4.78 is 6.07. The Labute approximate surface area is 227 Å². The lowest BCUT2D eigenvalue weighted by Crippen LogP contribution is -2.37. The number of amides is 1. The third-order valence-corrected chi connectivity index (χ3v) is 7.78. The van der Waals surface area contributed by atoms with Crippen LogP contribution in [0.3, 0.4) is 0 Å². The number of likely N-dealkylation sites (N-methyl/N-ethyl adjacent to an activating group) is 2. The van der Waals surface area contributed by atoms with E-state index in [0.717, 1.165) is 47.1 Å². The van der Waals surface area contributed by atoms with E-state index in [0.29, 0.717) is 36.8 Å². The summed E-state index contributed by atoms with van der Waals surface area (Å²) in [5.74, 6) is -0.563. The molecular formula is C29H32ClN5O3. The van der Waals surface area contributed by atoms with Gasteiger partial charge in [0.1, 0.15) is 12.3 Å². The molecule has 1 saturated heterocycles. The van der Waals surface area contributed by atoms with E-state index >= 15 is 0 Å².